The normalized spacial score (nSPS) is 10.5. The van der Waals surface area contributed by atoms with Gasteiger partial charge in [0.1, 0.15) is 0 Å². The maximum atomic E-state index is 5.55. The van der Waals surface area contributed by atoms with Crippen LogP contribution in [-0.4, -0.2) is 23.2 Å². The molecule has 0 saturated carbocycles. The molecule has 1 atom stereocenters. The van der Waals surface area contributed by atoms with Crippen molar-refractivity contribution in [1.82, 2.24) is 9.97 Å². The van der Waals surface area contributed by atoms with Crippen LogP contribution in [0.2, 0.25) is 0 Å². The van der Waals surface area contributed by atoms with Crippen LogP contribution < -0.4 is 14.8 Å². The molecule has 1 unspecified atom stereocenters. The molecule has 0 aliphatic carbocycles. The van der Waals surface area contributed by atoms with E-state index in [9.17, 15) is 0 Å². The Kier molecular flexibility index (Phi) is 5.62. The van der Waals surface area contributed by atoms with Crippen LogP contribution in [0.5, 0.6) is 11.8 Å². The highest BCUT2D eigenvalue weighted by Gasteiger charge is 2.14. The van der Waals surface area contributed by atoms with Crippen molar-refractivity contribution in [1.29, 1.82) is 0 Å². The van der Waals surface area contributed by atoms with Crippen molar-refractivity contribution < 1.29 is 9.47 Å². The van der Waals surface area contributed by atoms with Crippen LogP contribution in [0, 0.1) is 0 Å². The molecule has 1 aromatic carbocycles. The van der Waals surface area contributed by atoms with Crippen LogP contribution >= 0.6 is 9.24 Å². The molecule has 0 saturated heterocycles. The number of ether oxygens (including phenoxy) is 2. The highest BCUT2D eigenvalue weighted by Crippen LogP contribution is 2.31. The van der Waals surface area contributed by atoms with E-state index in [-0.39, 0.29) is 0 Å². The van der Waals surface area contributed by atoms with Gasteiger partial charge in [0.15, 0.2) is 0 Å². The number of hydrogen-bond donors (Lipinski definition) is 0. The van der Waals surface area contributed by atoms with Crippen LogP contribution in [0.3, 0.4) is 0 Å². The lowest BCUT2D eigenvalue weighted by Crippen LogP contribution is -2.03. The number of hydrogen-bond acceptors (Lipinski definition) is 4. The number of nitrogens with zero attached hydrogens (tertiary/aromatic N) is 2. The van der Waals surface area contributed by atoms with Crippen molar-refractivity contribution in [2.75, 3.05) is 13.2 Å². The first-order chi connectivity index (χ1) is 12.2. The lowest BCUT2D eigenvalue weighted by atomic mass is 10.0. The van der Waals surface area contributed by atoms with E-state index in [1.807, 2.05) is 62.4 Å². The maximum Gasteiger partial charge on any atom is 0.213 e. The molecule has 0 aliphatic rings. The summed E-state index contributed by atoms with van der Waals surface area (Å²) in [6.45, 7) is 5.08. The molecule has 2 heterocycles. The molecule has 0 N–H and O–H groups in total. The fourth-order valence-corrected chi connectivity index (χ4v) is 3.06. The number of aromatic nitrogens is 2. The summed E-state index contributed by atoms with van der Waals surface area (Å²) in [5.41, 5.74) is 3.74. The van der Waals surface area contributed by atoms with Gasteiger partial charge in [-0.1, -0.05) is 30.3 Å². The number of pyridine rings is 2. The largest absolute Gasteiger partial charge is 0.478 e. The lowest BCUT2D eigenvalue weighted by Gasteiger charge is -2.13. The Balaban J connectivity index is 2.12. The quantitative estimate of drug-likeness (QED) is 0.626. The summed E-state index contributed by atoms with van der Waals surface area (Å²) in [6.07, 6.45) is 0. The average Bonchev–Trinajstić information content (AvgIpc) is 2.62. The van der Waals surface area contributed by atoms with E-state index in [0.717, 1.165) is 27.8 Å². The summed E-state index contributed by atoms with van der Waals surface area (Å²) in [6, 6.07) is 17.7. The molecule has 0 bridgehead atoms. The molecule has 0 aliphatic heterocycles. The van der Waals surface area contributed by atoms with Crippen molar-refractivity contribution >= 4 is 14.5 Å². The van der Waals surface area contributed by atoms with Crippen LogP contribution in [0.25, 0.3) is 22.5 Å². The minimum atomic E-state index is 0.587. The standard InChI is InChI=1S/C20H21N2O2P/c1-3-23-18-12-6-9-15(21-18)14-8-5-11-17(25)20(14)16-10-7-13-19(22-16)24-4-2/h5-13H,3-4,25H2,1-2H3. The Morgan fingerprint density at radius 1 is 0.760 bits per heavy atom. The summed E-state index contributed by atoms with van der Waals surface area (Å²) < 4.78 is 11.1. The first-order valence-corrected chi connectivity index (χ1v) is 8.89. The third-order valence-electron chi connectivity index (χ3n) is 3.66. The monoisotopic (exact) mass is 352 g/mol. The van der Waals surface area contributed by atoms with Gasteiger partial charge in [0.2, 0.25) is 11.8 Å². The fourth-order valence-electron chi connectivity index (χ4n) is 2.64. The van der Waals surface area contributed by atoms with Crippen LogP contribution in [0.4, 0.5) is 0 Å². The number of rotatable bonds is 6. The maximum absolute atomic E-state index is 5.55. The predicted octanol–water partition coefficient (Wildman–Crippen LogP) is 4.11. The summed E-state index contributed by atoms with van der Waals surface area (Å²) >= 11 is 0. The fraction of sp³-hybridized carbons (Fsp3) is 0.200. The van der Waals surface area contributed by atoms with Crippen molar-refractivity contribution in [2.24, 2.45) is 0 Å². The van der Waals surface area contributed by atoms with Crippen molar-refractivity contribution in [3.05, 3.63) is 54.6 Å². The second kappa shape index (κ2) is 8.09. The van der Waals surface area contributed by atoms with Gasteiger partial charge < -0.3 is 9.47 Å². The summed E-state index contributed by atoms with van der Waals surface area (Å²) in [7, 11) is 2.78. The average molecular weight is 352 g/mol. The summed E-state index contributed by atoms with van der Waals surface area (Å²) in [5, 5.41) is 1.06. The van der Waals surface area contributed by atoms with Gasteiger partial charge in [0.25, 0.3) is 0 Å². The van der Waals surface area contributed by atoms with Gasteiger partial charge in [0, 0.05) is 23.3 Å². The summed E-state index contributed by atoms with van der Waals surface area (Å²) in [4.78, 5) is 9.27. The van der Waals surface area contributed by atoms with Crippen molar-refractivity contribution in [3.63, 3.8) is 0 Å². The van der Waals surface area contributed by atoms with E-state index in [1.165, 1.54) is 0 Å². The van der Waals surface area contributed by atoms with Gasteiger partial charge in [-0.05, 0) is 31.3 Å². The Hall–Kier alpha value is -2.45. The first-order valence-electron chi connectivity index (χ1n) is 8.31. The van der Waals surface area contributed by atoms with Gasteiger partial charge >= 0.3 is 0 Å². The lowest BCUT2D eigenvalue weighted by molar-refractivity contribution is 0.327. The third-order valence-corrected chi connectivity index (χ3v) is 4.14. The van der Waals surface area contributed by atoms with E-state index >= 15 is 0 Å². The minimum absolute atomic E-state index is 0.587. The molecule has 4 nitrogen and oxygen atoms in total. The molecule has 0 amide bonds. The molecule has 0 spiro atoms. The zero-order valence-electron chi connectivity index (χ0n) is 14.4. The van der Waals surface area contributed by atoms with Gasteiger partial charge in [-0.2, -0.15) is 0 Å². The molecule has 5 heteroatoms. The van der Waals surface area contributed by atoms with E-state index in [0.29, 0.717) is 25.0 Å². The highest BCUT2D eigenvalue weighted by atomic mass is 31.0. The molecule has 25 heavy (non-hydrogen) atoms. The molecular weight excluding hydrogens is 331 g/mol. The first kappa shape index (κ1) is 17.4. The van der Waals surface area contributed by atoms with E-state index in [4.69, 9.17) is 9.47 Å². The zero-order chi connectivity index (χ0) is 17.6. The summed E-state index contributed by atoms with van der Waals surface area (Å²) in [5.74, 6) is 1.24. The van der Waals surface area contributed by atoms with Gasteiger partial charge in [-0.25, -0.2) is 9.97 Å². The topological polar surface area (TPSA) is 44.2 Å². The SMILES string of the molecule is CCOc1cccc(-c2cccc(P)c2-c2cccc(OCC)n2)n1. The zero-order valence-corrected chi connectivity index (χ0v) is 15.6. The van der Waals surface area contributed by atoms with Crippen LogP contribution in [-0.2, 0) is 0 Å². The molecular formula is C20H21N2O2P. The molecule has 0 radical (unpaired) electrons. The smallest absolute Gasteiger partial charge is 0.213 e. The Labute approximate surface area is 150 Å². The van der Waals surface area contributed by atoms with E-state index < -0.39 is 0 Å². The minimum Gasteiger partial charge on any atom is -0.478 e. The van der Waals surface area contributed by atoms with Crippen molar-refractivity contribution in [2.45, 2.75) is 13.8 Å². The highest BCUT2D eigenvalue weighted by molar-refractivity contribution is 7.28. The molecule has 2 aromatic heterocycles. The Morgan fingerprint density at radius 3 is 1.96 bits per heavy atom. The molecule has 3 aromatic rings. The Bertz CT molecular complexity index is 868. The van der Waals surface area contributed by atoms with E-state index in [2.05, 4.69) is 25.3 Å². The van der Waals surface area contributed by atoms with Gasteiger partial charge in [-0.15, -0.1) is 9.24 Å². The molecule has 128 valence electrons. The predicted molar refractivity (Wildman–Crippen MR) is 105 cm³/mol. The van der Waals surface area contributed by atoms with Crippen LogP contribution in [0.15, 0.2) is 54.6 Å². The molecule has 3 rings (SSSR count). The van der Waals surface area contributed by atoms with Crippen LogP contribution in [0.1, 0.15) is 13.8 Å². The van der Waals surface area contributed by atoms with E-state index in [1.54, 1.807) is 0 Å². The van der Waals surface area contributed by atoms with Gasteiger partial charge in [0.05, 0.1) is 24.6 Å². The molecule has 0 fully saturated rings. The second-order valence-corrected chi connectivity index (χ2v) is 5.98. The third kappa shape index (κ3) is 3.97. The van der Waals surface area contributed by atoms with Gasteiger partial charge in [-0.3, -0.25) is 0 Å². The second-order valence-electron chi connectivity index (χ2n) is 5.36. The van der Waals surface area contributed by atoms with Crippen molar-refractivity contribution in [3.8, 4) is 34.3 Å². The number of benzene rings is 1. The Morgan fingerprint density at radius 2 is 1.32 bits per heavy atom.